The van der Waals surface area contributed by atoms with Crippen LogP contribution in [0.2, 0.25) is 0 Å². The van der Waals surface area contributed by atoms with E-state index in [1.54, 1.807) is 12.1 Å². The number of aromatic nitrogens is 2. The molecule has 4 nitrogen and oxygen atoms in total. The molecule has 0 saturated heterocycles. The molecule has 1 aromatic carbocycles. The summed E-state index contributed by atoms with van der Waals surface area (Å²) < 4.78 is 7.24. The molecule has 0 saturated carbocycles. The van der Waals surface area contributed by atoms with Crippen LogP contribution in [0.5, 0.6) is 0 Å². The van der Waals surface area contributed by atoms with E-state index in [-0.39, 0.29) is 11.7 Å². The topological polar surface area (TPSA) is 48.0 Å². The number of furan rings is 1. The lowest BCUT2D eigenvalue weighted by Gasteiger charge is -1.99. The van der Waals surface area contributed by atoms with Crippen molar-refractivity contribution in [3.8, 4) is 0 Å². The second-order valence-corrected chi connectivity index (χ2v) is 4.29. The van der Waals surface area contributed by atoms with Crippen LogP contribution in [-0.2, 0) is 0 Å². The largest absolute Gasteiger partial charge is 0.444 e. The number of halogens is 1. The van der Waals surface area contributed by atoms with E-state index in [4.69, 9.17) is 4.42 Å². The van der Waals surface area contributed by atoms with Crippen molar-refractivity contribution in [3.63, 3.8) is 0 Å². The van der Waals surface area contributed by atoms with E-state index in [2.05, 4.69) is 20.9 Å². The Morgan fingerprint density at radius 2 is 2.06 bits per heavy atom. The summed E-state index contributed by atoms with van der Waals surface area (Å²) in [6, 6.07) is 10.8. The first kappa shape index (κ1) is 10.3. The third-order valence-corrected chi connectivity index (χ3v) is 2.88. The molecule has 0 bridgehead atoms. The third kappa shape index (κ3) is 1.68. The number of imidazole rings is 1. The van der Waals surface area contributed by atoms with Crippen molar-refractivity contribution in [3.05, 3.63) is 53.2 Å². The minimum Gasteiger partial charge on any atom is -0.444 e. The predicted molar refractivity (Wildman–Crippen MR) is 65.9 cm³/mol. The first-order valence-corrected chi connectivity index (χ1v) is 5.77. The Balaban J connectivity index is 2.13. The van der Waals surface area contributed by atoms with Gasteiger partial charge < -0.3 is 4.42 Å². The van der Waals surface area contributed by atoms with Gasteiger partial charge >= 0.3 is 0 Å². The molecule has 0 aliphatic heterocycles. The van der Waals surface area contributed by atoms with Crippen molar-refractivity contribution in [1.82, 2.24) is 9.55 Å². The average Bonchev–Trinajstić information content (AvgIpc) is 2.94. The number of carbonyl (C=O) groups excluding carboxylic acids is 1. The van der Waals surface area contributed by atoms with E-state index >= 15 is 0 Å². The van der Waals surface area contributed by atoms with Gasteiger partial charge in [-0.25, -0.2) is 4.98 Å². The van der Waals surface area contributed by atoms with Gasteiger partial charge in [0.15, 0.2) is 10.4 Å². The molecule has 84 valence electrons. The molecule has 0 spiro atoms. The van der Waals surface area contributed by atoms with Crippen molar-refractivity contribution in [2.45, 2.75) is 0 Å². The average molecular weight is 291 g/mol. The molecule has 0 amide bonds. The summed E-state index contributed by atoms with van der Waals surface area (Å²) in [5.74, 6) is 0.0458. The Morgan fingerprint density at radius 1 is 1.24 bits per heavy atom. The molecule has 5 heteroatoms. The minimum atomic E-state index is -0.232. The fraction of sp³-hybridized carbons (Fsp3) is 0. The number of carbonyl (C=O) groups is 1. The quantitative estimate of drug-likeness (QED) is 0.692. The number of nitrogens with zero attached hydrogens (tertiary/aromatic N) is 2. The molecule has 3 rings (SSSR count). The van der Waals surface area contributed by atoms with Crippen LogP contribution in [-0.4, -0.2) is 15.5 Å². The number of hydrogen-bond donors (Lipinski definition) is 0. The lowest BCUT2D eigenvalue weighted by Crippen LogP contribution is -2.09. The molecule has 0 atom stereocenters. The smallest absolute Gasteiger partial charge is 0.299 e. The summed E-state index contributed by atoms with van der Waals surface area (Å²) in [4.78, 5) is 16.3. The van der Waals surface area contributed by atoms with Crippen LogP contribution in [0.15, 0.2) is 51.8 Å². The van der Waals surface area contributed by atoms with Gasteiger partial charge in [0.05, 0.1) is 11.0 Å². The lowest BCUT2D eigenvalue weighted by atomic mass is 10.3. The molecular weight excluding hydrogens is 284 g/mol. The van der Waals surface area contributed by atoms with Crippen LogP contribution in [0.3, 0.4) is 0 Å². The fourth-order valence-corrected chi connectivity index (χ4v) is 1.98. The third-order valence-electron chi connectivity index (χ3n) is 2.46. The first-order chi connectivity index (χ1) is 8.25. The molecule has 0 aliphatic rings. The van der Waals surface area contributed by atoms with Crippen molar-refractivity contribution in [2.24, 2.45) is 0 Å². The molecule has 3 aromatic rings. The van der Waals surface area contributed by atoms with Gasteiger partial charge in [-0.2, -0.15) is 0 Å². The summed E-state index contributed by atoms with van der Waals surface area (Å²) in [6.45, 7) is 0. The molecule has 0 aliphatic carbocycles. The second kappa shape index (κ2) is 3.85. The van der Waals surface area contributed by atoms with Gasteiger partial charge in [0, 0.05) is 0 Å². The molecule has 2 heterocycles. The normalized spacial score (nSPS) is 10.9. The first-order valence-electron chi connectivity index (χ1n) is 4.98. The Morgan fingerprint density at radius 3 is 2.82 bits per heavy atom. The zero-order valence-corrected chi connectivity index (χ0v) is 10.2. The Bertz CT molecular complexity index is 699. The van der Waals surface area contributed by atoms with Crippen LogP contribution in [0, 0.1) is 0 Å². The highest BCUT2D eigenvalue weighted by Gasteiger charge is 2.15. The van der Waals surface area contributed by atoms with Gasteiger partial charge in [-0.1, -0.05) is 12.1 Å². The van der Waals surface area contributed by atoms with Crippen LogP contribution in [0.25, 0.3) is 11.0 Å². The molecule has 0 unspecified atom stereocenters. The number of benzene rings is 1. The molecule has 0 N–H and O–H groups in total. The Kier molecular flexibility index (Phi) is 2.33. The van der Waals surface area contributed by atoms with Crippen molar-refractivity contribution in [2.75, 3.05) is 0 Å². The number of rotatable bonds is 1. The SMILES string of the molecule is O=C(c1ccc(Br)o1)n1cnc2ccccc21. The van der Waals surface area contributed by atoms with Crippen LogP contribution < -0.4 is 0 Å². The van der Waals surface area contributed by atoms with Crippen molar-refractivity contribution < 1.29 is 9.21 Å². The highest BCUT2D eigenvalue weighted by Crippen LogP contribution is 2.18. The van der Waals surface area contributed by atoms with Crippen LogP contribution in [0.4, 0.5) is 0 Å². The summed E-state index contributed by atoms with van der Waals surface area (Å²) >= 11 is 3.17. The van der Waals surface area contributed by atoms with E-state index < -0.39 is 0 Å². The highest BCUT2D eigenvalue weighted by atomic mass is 79.9. The van der Waals surface area contributed by atoms with Gasteiger partial charge in [-0.3, -0.25) is 9.36 Å². The van der Waals surface area contributed by atoms with Gasteiger partial charge in [-0.15, -0.1) is 0 Å². The summed E-state index contributed by atoms with van der Waals surface area (Å²) in [6.07, 6.45) is 1.50. The monoisotopic (exact) mass is 290 g/mol. The van der Waals surface area contributed by atoms with Crippen LogP contribution >= 0.6 is 15.9 Å². The van der Waals surface area contributed by atoms with Gasteiger partial charge in [0.1, 0.15) is 6.33 Å². The highest BCUT2D eigenvalue weighted by molar-refractivity contribution is 9.10. The van der Waals surface area contributed by atoms with E-state index in [1.807, 2.05) is 24.3 Å². The Labute approximate surface area is 105 Å². The zero-order valence-electron chi connectivity index (χ0n) is 8.63. The Hall–Kier alpha value is -1.88. The molecule has 0 fully saturated rings. The number of fused-ring (bicyclic) bond motifs is 1. The van der Waals surface area contributed by atoms with Gasteiger partial charge in [-0.05, 0) is 40.2 Å². The maximum absolute atomic E-state index is 12.1. The number of para-hydroxylation sites is 2. The van der Waals surface area contributed by atoms with Gasteiger partial charge in [0.25, 0.3) is 5.91 Å². The van der Waals surface area contributed by atoms with E-state index in [0.29, 0.717) is 4.67 Å². The predicted octanol–water partition coefficient (Wildman–Crippen LogP) is 3.08. The van der Waals surface area contributed by atoms with Crippen molar-refractivity contribution >= 4 is 32.9 Å². The summed E-state index contributed by atoms with van der Waals surface area (Å²) in [7, 11) is 0. The fourth-order valence-electron chi connectivity index (χ4n) is 1.67. The maximum Gasteiger partial charge on any atom is 0.299 e. The summed E-state index contributed by atoms with van der Waals surface area (Å²) in [5.41, 5.74) is 1.55. The van der Waals surface area contributed by atoms with Gasteiger partial charge in [0.2, 0.25) is 0 Å². The van der Waals surface area contributed by atoms with E-state index in [9.17, 15) is 4.79 Å². The van der Waals surface area contributed by atoms with Crippen LogP contribution in [0.1, 0.15) is 10.6 Å². The second-order valence-electron chi connectivity index (χ2n) is 3.51. The maximum atomic E-state index is 12.1. The summed E-state index contributed by atoms with van der Waals surface area (Å²) in [5, 5.41) is 0. The van der Waals surface area contributed by atoms with E-state index in [0.717, 1.165) is 11.0 Å². The minimum absolute atomic E-state index is 0.232. The molecular formula is C12H7BrN2O2. The van der Waals surface area contributed by atoms with E-state index in [1.165, 1.54) is 10.9 Å². The number of hydrogen-bond acceptors (Lipinski definition) is 3. The molecule has 17 heavy (non-hydrogen) atoms. The zero-order chi connectivity index (χ0) is 11.8. The standard InChI is InChI=1S/C12H7BrN2O2/c13-11-6-5-10(17-11)12(16)15-7-14-8-3-1-2-4-9(8)15/h1-7H. The molecule has 2 aromatic heterocycles. The lowest BCUT2D eigenvalue weighted by molar-refractivity contribution is 0.0935. The molecule has 0 radical (unpaired) electrons. The van der Waals surface area contributed by atoms with Crippen molar-refractivity contribution in [1.29, 1.82) is 0 Å².